The number of hydrogen-bond acceptors (Lipinski definition) is 4. The highest BCUT2D eigenvalue weighted by Crippen LogP contribution is 2.24. The molecular formula is C18H20N2O4. The Kier molecular flexibility index (Phi) is 6.19. The van der Waals surface area contributed by atoms with Crippen LogP contribution in [0, 0.1) is 0 Å². The molecule has 0 atom stereocenters. The van der Waals surface area contributed by atoms with Crippen LogP contribution in [0.1, 0.15) is 13.8 Å². The lowest BCUT2D eigenvalue weighted by Crippen LogP contribution is -2.51. The first-order valence-electron chi connectivity index (χ1n) is 7.72. The number of carbonyl (C=O) groups is 2. The second kappa shape index (κ2) is 8.57. The summed E-state index contributed by atoms with van der Waals surface area (Å²) in [4.78, 5) is 25.0. The Morgan fingerprint density at radius 2 is 1.04 bits per heavy atom. The maximum Gasteiger partial charge on any atom is 0.434 e. The summed E-state index contributed by atoms with van der Waals surface area (Å²) in [6, 6.07) is 17.6. The van der Waals surface area contributed by atoms with Crippen molar-refractivity contribution in [1.29, 1.82) is 0 Å². The molecule has 6 nitrogen and oxygen atoms in total. The molecule has 2 rings (SSSR count). The fourth-order valence-electron chi connectivity index (χ4n) is 2.11. The summed E-state index contributed by atoms with van der Waals surface area (Å²) in [7, 11) is 0. The number of ether oxygens (including phenoxy) is 2. The molecule has 0 fully saturated rings. The van der Waals surface area contributed by atoms with Gasteiger partial charge in [-0.25, -0.2) is 9.59 Å². The SMILES string of the molecule is CCOC(=O)N(c1ccccc1)N(C(=O)OCC)c1ccccc1. The van der Waals surface area contributed by atoms with Crippen LogP contribution in [0.5, 0.6) is 0 Å². The number of nitrogens with zero attached hydrogens (tertiary/aromatic N) is 2. The van der Waals surface area contributed by atoms with Crippen molar-refractivity contribution in [2.24, 2.45) is 0 Å². The molecule has 126 valence electrons. The van der Waals surface area contributed by atoms with Gasteiger partial charge in [0.05, 0.1) is 24.6 Å². The fourth-order valence-corrected chi connectivity index (χ4v) is 2.11. The number of rotatable bonds is 4. The van der Waals surface area contributed by atoms with E-state index in [0.29, 0.717) is 11.4 Å². The molecule has 0 aliphatic heterocycles. The molecule has 24 heavy (non-hydrogen) atoms. The number of hydrazine groups is 1. The molecule has 0 heterocycles. The molecule has 0 unspecified atom stereocenters. The van der Waals surface area contributed by atoms with Crippen molar-refractivity contribution in [3.8, 4) is 0 Å². The predicted molar refractivity (Wildman–Crippen MR) is 91.9 cm³/mol. The third-order valence-electron chi connectivity index (χ3n) is 3.08. The van der Waals surface area contributed by atoms with E-state index < -0.39 is 12.2 Å². The minimum atomic E-state index is -0.666. The van der Waals surface area contributed by atoms with Crippen LogP contribution in [-0.4, -0.2) is 25.4 Å². The largest absolute Gasteiger partial charge is 0.448 e. The highest BCUT2D eigenvalue weighted by Gasteiger charge is 2.31. The van der Waals surface area contributed by atoms with E-state index in [0.717, 1.165) is 10.0 Å². The Bertz CT molecular complexity index is 602. The van der Waals surface area contributed by atoms with Crippen molar-refractivity contribution in [3.63, 3.8) is 0 Å². The van der Waals surface area contributed by atoms with Crippen molar-refractivity contribution in [3.05, 3.63) is 60.7 Å². The van der Waals surface area contributed by atoms with E-state index in [4.69, 9.17) is 9.47 Å². The molecule has 2 aromatic carbocycles. The van der Waals surface area contributed by atoms with Gasteiger partial charge in [-0.2, -0.15) is 10.0 Å². The molecule has 0 aromatic heterocycles. The van der Waals surface area contributed by atoms with E-state index in [1.54, 1.807) is 62.4 Å². The molecule has 0 spiro atoms. The van der Waals surface area contributed by atoms with Gasteiger partial charge in [-0.3, -0.25) is 0 Å². The lowest BCUT2D eigenvalue weighted by atomic mass is 10.3. The number of para-hydroxylation sites is 2. The van der Waals surface area contributed by atoms with Crippen LogP contribution in [0.4, 0.5) is 21.0 Å². The Morgan fingerprint density at radius 3 is 1.33 bits per heavy atom. The lowest BCUT2D eigenvalue weighted by Gasteiger charge is -2.32. The smallest absolute Gasteiger partial charge is 0.434 e. The van der Waals surface area contributed by atoms with Crippen molar-refractivity contribution in [2.45, 2.75) is 13.8 Å². The van der Waals surface area contributed by atoms with Crippen LogP contribution in [0.25, 0.3) is 0 Å². The molecule has 6 heteroatoms. The van der Waals surface area contributed by atoms with Gasteiger partial charge in [0, 0.05) is 0 Å². The van der Waals surface area contributed by atoms with Crippen LogP contribution in [0.15, 0.2) is 60.7 Å². The van der Waals surface area contributed by atoms with E-state index in [1.807, 2.05) is 12.1 Å². The molecule has 0 radical (unpaired) electrons. The van der Waals surface area contributed by atoms with Crippen LogP contribution >= 0.6 is 0 Å². The zero-order chi connectivity index (χ0) is 17.4. The highest BCUT2D eigenvalue weighted by molar-refractivity contribution is 6.01. The second-order valence-corrected chi connectivity index (χ2v) is 4.69. The van der Waals surface area contributed by atoms with Crippen molar-refractivity contribution in [2.75, 3.05) is 23.2 Å². The van der Waals surface area contributed by atoms with E-state index in [9.17, 15) is 9.59 Å². The maximum absolute atomic E-state index is 12.5. The third kappa shape index (κ3) is 4.04. The Hall–Kier alpha value is -3.02. The zero-order valence-corrected chi connectivity index (χ0v) is 13.7. The highest BCUT2D eigenvalue weighted by atomic mass is 16.6. The van der Waals surface area contributed by atoms with Gasteiger partial charge in [-0.05, 0) is 38.1 Å². The molecule has 2 amide bonds. The number of amides is 2. The van der Waals surface area contributed by atoms with Gasteiger partial charge in [0.25, 0.3) is 0 Å². The summed E-state index contributed by atoms with van der Waals surface area (Å²) in [6.45, 7) is 3.79. The van der Waals surface area contributed by atoms with Gasteiger partial charge in [-0.15, -0.1) is 0 Å². The molecule has 0 N–H and O–H groups in total. The van der Waals surface area contributed by atoms with Crippen molar-refractivity contribution < 1.29 is 19.1 Å². The van der Waals surface area contributed by atoms with E-state index in [2.05, 4.69) is 0 Å². The van der Waals surface area contributed by atoms with Crippen molar-refractivity contribution >= 4 is 23.6 Å². The maximum atomic E-state index is 12.5. The zero-order valence-electron chi connectivity index (χ0n) is 13.7. The first-order valence-corrected chi connectivity index (χ1v) is 7.72. The van der Waals surface area contributed by atoms with Crippen LogP contribution in [-0.2, 0) is 9.47 Å². The van der Waals surface area contributed by atoms with Gasteiger partial charge < -0.3 is 9.47 Å². The summed E-state index contributed by atoms with van der Waals surface area (Å²) in [5.41, 5.74) is 0.987. The topological polar surface area (TPSA) is 59.1 Å². The third-order valence-corrected chi connectivity index (χ3v) is 3.08. The molecule has 0 aliphatic rings. The number of hydrogen-bond donors (Lipinski definition) is 0. The monoisotopic (exact) mass is 328 g/mol. The van der Waals surface area contributed by atoms with Crippen LogP contribution < -0.4 is 10.0 Å². The number of benzene rings is 2. The molecule has 0 aliphatic carbocycles. The van der Waals surface area contributed by atoms with Crippen LogP contribution in [0.2, 0.25) is 0 Å². The van der Waals surface area contributed by atoms with E-state index in [-0.39, 0.29) is 13.2 Å². The van der Waals surface area contributed by atoms with Crippen molar-refractivity contribution in [1.82, 2.24) is 0 Å². The van der Waals surface area contributed by atoms with Gasteiger partial charge in [-0.1, -0.05) is 36.4 Å². The second-order valence-electron chi connectivity index (χ2n) is 4.69. The first kappa shape index (κ1) is 17.3. The summed E-state index contributed by atoms with van der Waals surface area (Å²) >= 11 is 0. The normalized spacial score (nSPS) is 9.92. The molecule has 0 saturated heterocycles. The summed E-state index contributed by atoms with van der Waals surface area (Å²) in [6.07, 6.45) is -1.33. The summed E-state index contributed by atoms with van der Waals surface area (Å²) in [5, 5.41) is 2.33. The van der Waals surface area contributed by atoms with Crippen LogP contribution in [0.3, 0.4) is 0 Å². The average molecular weight is 328 g/mol. The summed E-state index contributed by atoms with van der Waals surface area (Å²) in [5.74, 6) is 0. The molecule has 0 saturated carbocycles. The molecular weight excluding hydrogens is 308 g/mol. The summed E-state index contributed by atoms with van der Waals surface area (Å²) < 4.78 is 10.3. The lowest BCUT2D eigenvalue weighted by molar-refractivity contribution is 0.146. The fraction of sp³-hybridized carbons (Fsp3) is 0.222. The standard InChI is InChI=1S/C18H20N2O4/c1-3-23-17(21)19(15-11-7-5-8-12-15)20(18(22)24-4-2)16-13-9-6-10-14-16/h5-14H,3-4H2,1-2H3. The average Bonchev–Trinajstić information content (AvgIpc) is 2.61. The van der Waals surface area contributed by atoms with Gasteiger partial charge in [0.1, 0.15) is 0 Å². The Balaban J connectivity index is 2.51. The minimum absolute atomic E-state index is 0.188. The molecule has 0 bridgehead atoms. The minimum Gasteiger partial charge on any atom is -0.448 e. The van der Waals surface area contributed by atoms with Gasteiger partial charge >= 0.3 is 12.2 Å². The van der Waals surface area contributed by atoms with E-state index >= 15 is 0 Å². The van der Waals surface area contributed by atoms with Gasteiger partial charge in [0.2, 0.25) is 0 Å². The quantitative estimate of drug-likeness (QED) is 0.788. The number of anilines is 2. The first-order chi connectivity index (χ1) is 11.7. The Labute approximate surface area is 141 Å². The predicted octanol–water partition coefficient (Wildman–Crippen LogP) is 4.23. The Morgan fingerprint density at radius 1 is 0.708 bits per heavy atom. The van der Waals surface area contributed by atoms with Gasteiger partial charge in [0.15, 0.2) is 0 Å². The number of carbonyl (C=O) groups excluding carboxylic acids is 2. The van der Waals surface area contributed by atoms with E-state index in [1.165, 1.54) is 0 Å². The molecule has 2 aromatic rings.